The fourth-order valence-corrected chi connectivity index (χ4v) is 3.67. The first-order chi connectivity index (χ1) is 12.3. The molecule has 2 saturated heterocycles. The summed E-state index contributed by atoms with van der Waals surface area (Å²) in [5, 5.41) is 2.78. The highest BCUT2D eigenvalue weighted by atomic mass is 16.5. The lowest BCUT2D eigenvalue weighted by atomic mass is 9.98. The second-order valence-electron chi connectivity index (χ2n) is 6.47. The molecule has 0 aliphatic carbocycles. The number of pyridine rings is 1. The lowest BCUT2D eigenvalue weighted by Crippen LogP contribution is -2.46. The first kappa shape index (κ1) is 16.1. The molecule has 4 heterocycles. The van der Waals surface area contributed by atoms with Gasteiger partial charge >= 0.3 is 0 Å². The van der Waals surface area contributed by atoms with Gasteiger partial charge in [0.2, 0.25) is 0 Å². The van der Waals surface area contributed by atoms with E-state index < -0.39 is 6.10 Å². The summed E-state index contributed by atoms with van der Waals surface area (Å²) in [4.78, 5) is 27.3. The van der Waals surface area contributed by atoms with Gasteiger partial charge in [-0.05, 0) is 31.4 Å². The summed E-state index contributed by atoms with van der Waals surface area (Å²) < 4.78 is 6.09. The van der Waals surface area contributed by atoms with Crippen LogP contribution in [-0.2, 0) is 16.1 Å². The first-order valence-electron chi connectivity index (χ1n) is 8.66. The van der Waals surface area contributed by atoms with Crippen LogP contribution in [0.2, 0.25) is 0 Å². The van der Waals surface area contributed by atoms with E-state index in [-0.39, 0.29) is 12.0 Å². The molecule has 0 radical (unpaired) electrons. The third kappa shape index (κ3) is 3.67. The average molecular weight is 339 g/mol. The number of aromatic nitrogens is 3. The SMILES string of the molecule is O=C(Nc1cnccn1)[C@@H]1CC[C@@H]2[C@@H](CCN2Cc2ccccn2)O1. The zero-order valence-corrected chi connectivity index (χ0v) is 13.9. The minimum absolute atomic E-state index is 0.107. The van der Waals surface area contributed by atoms with Crippen LogP contribution in [0.5, 0.6) is 0 Å². The number of carbonyl (C=O) groups is 1. The van der Waals surface area contributed by atoms with Gasteiger partial charge in [-0.3, -0.25) is 19.7 Å². The number of anilines is 1. The molecule has 0 saturated carbocycles. The normalized spacial score (nSPS) is 26.2. The number of hydrogen-bond donors (Lipinski definition) is 1. The lowest BCUT2D eigenvalue weighted by Gasteiger charge is -2.35. The summed E-state index contributed by atoms with van der Waals surface area (Å²) in [6.07, 6.45) is 8.80. The third-order valence-electron chi connectivity index (χ3n) is 4.86. The fraction of sp³-hybridized carbons (Fsp3) is 0.444. The average Bonchev–Trinajstić information content (AvgIpc) is 3.05. The van der Waals surface area contributed by atoms with E-state index in [0.717, 1.165) is 31.6 Å². The minimum Gasteiger partial charge on any atom is -0.363 e. The Balaban J connectivity index is 1.34. The van der Waals surface area contributed by atoms with Gasteiger partial charge in [-0.15, -0.1) is 0 Å². The van der Waals surface area contributed by atoms with E-state index in [4.69, 9.17) is 4.74 Å². The molecule has 130 valence electrons. The number of fused-ring (bicyclic) bond motifs is 1. The number of carbonyl (C=O) groups excluding carboxylic acids is 1. The molecule has 1 amide bonds. The molecular formula is C18H21N5O2. The molecule has 2 fully saturated rings. The smallest absolute Gasteiger partial charge is 0.254 e. The number of amides is 1. The van der Waals surface area contributed by atoms with E-state index in [1.807, 2.05) is 24.4 Å². The van der Waals surface area contributed by atoms with Crippen molar-refractivity contribution in [2.24, 2.45) is 0 Å². The monoisotopic (exact) mass is 339 g/mol. The summed E-state index contributed by atoms with van der Waals surface area (Å²) in [5.74, 6) is 0.323. The largest absolute Gasteiger partial charge is 0.363 e. The van der Waals surface area contributed by atoms with Crippen LogP contribution in [0.25, 0.3) is 0 Å². The number of hydrogen-bond acceptors (Lipinski definition) is 6. The summed E-state index contributed by atoms with van der Waals surface area (Å²) in [6, 6.07) is 6.36. The lowest BCUT2D eigenvalue weighted by molar-refractivity contribution is -0.138. The molecule has 2 aliphatic rings. The molecule has 0 spiro atoms. The van der Waals surface area contributed by atoms with Crippen molar-refractivity contribution in [2.75, 3.05) is 11.9 Å². The van der Waals surface area contributed by atoms with Crippen LogP contribution < -0.4 is 5.32 Å². The van der Waals surface area contributed by atoms with Crippen molar-refractivity contribution in [1.29, 1.82) is 0 Å². The van der Waals surface area contributed by atoms with Crippen molar-refractivity contribution in [1.82, 2.24) is 19.9 Å². The van der Waals surface area contributed by atoms with Gasteiger partial charge in [-0.2, -0.15) is 0 Å². The summed E-state index contributed by atoms with van der Waals surface area (Å²) in [7, 11) is 0. The Hall–Kier alpha value is -2.38. The maximum Gasteiger partial charge on any atom is 0.254 e. The molecule has 0 aromatic carbocycles. The van der Waals surface area contributed by atoms with E-state index in [1.165, 1.54) is 6.20 Å². The van der Waals surface area contributed by atoms with Gasteiger partial charge in [0.15, 0.2) is 5.82 Å². The Bertz CT molecular complexity index is 712. The number of nitrogens with one attached hydrogen (secondary N) is 1. The van der Waals surface area contributed by atoms with Gasteiger partial charge in [0, 0.05) is 37.7 Å². The third-order valence-corrected chi connectivity index (χ3v) is 4.86. The Labute approximate surface area is 146 Å². The molecule has 4 rings (SSSR count). The van der Waals surface area contributed by atoms with Gasteiger partial charge in [0.1, 0.15) is 6.10 Å². The van der Waals surface area contributed by atoms with Crippen LogP contribution in [0.15, 0.2) is 43.0 Å². The summed E-state index contributed by atoms with van der Waals surface area (Å²) >= 11 is 0. The maximum atomic E-state index is 12.4. The topological polar surface area (TPSA) is 80.2 Å². The van der Waals surface area contributed by atoms with Crippen molar-refractivity contribution in [2.45, 2.75) is 44.1 Å². The van der Waals surface area contributed by atoms with Gasteiger partial charge in [-0.1, -0.05) is 6.07 Å². The quantitative estimate of drug-likeness (QED) is 0.912. The van der Waals surface area contributed by atoms with Crippen LogP contribution in [0.3, 0.4) is 0 Å². The van der Waals surface area contributed by atoms with Crippen molar-refractivity contribution >= 4 is 11.7 Å². The Morgan fingerprint density at radius 3 is 2.96 bits per heavy atom. The van der Waals surface area contributed by atoms with E-state index in [0.29, 0.717) is 18.3 Å². The highest BCUT2D eigenvalue weighted by Crippen LogP contribution is 2.32. The van der Waals surface area contributed by atoms with Gasteiger partial charge < -0.3 is 10.1 Å². The van der Waals surface area contributed by atoms with E-state index in [9.17, 15) is 4.79 Å². The second-order valence-corrected chi connectivity index (χ2v) is 6.47. The maximum absolute atomic E-state index is 12.4. The number of nitrogens with zero attached hydrogens (tertiary/aromatic N) is 4. The predicted octanol–water partition coefficient (Wildman–Crippen LogP) is 1.63. The zero-order chi connectivity index (χ0) is 17.1. The van der Waals surface area contributed by atoms with Crippen LogP contribution in [0.4, 0.5) is 5.82 Å². The first-order valence-corrected chi connectivity index (χ1v) is 8.66. The highest BCUT2D eigenvalue weighted by molar-refractivity contribution is 5.93. The molecule has 7 nitrogen and oxygen atoms in total. The standard InChI is InChI=1S/C18H21N5O2/c24-18(22-17-11-19-8-9-21-17)16-5-4-14-15(25-16)6-10-23(14)12-13-3-1-2-7-20-13/h1-3,7-9,11,14-16H,4-6,10,12H2,(H,21,22,24)/t14-,15-,16+/m1/s1. The van der Waals surface area contributed by atoms with E-state index in [2.05, 4.69) is 25.2 Å². The summed E-state index contributed by atoms with van der Waals surface area (Å²) in [5.41, 5.74) is 1.07. The van der Waals surface area contributed by atoms with Crippen molar-refractivity contribution < 1.29 is 9.53 Å². The molecule has 2 aliphatic heterocycles. The van der Waals surface area contributed by atoms with Crippen LogP contribution in [0, 0.1) is 0 Å². The van der Waals surface area contributed by atoms with Crippen LogP contribution in [0.1, 0.15) is 25.0 Å². The van der Waals surface area contributed by atoms with Gasteiger partial charge in [0.05, 0.1) is 18.0 Å². The predicted molar refractivity (Wildman–Crippen MR) is 91.6 cm³/mol. The molecule has 1 N–H and O–H groups in total. The van der Waals surface area contributed by atoms with Crippen LogP contribution in [-0.4, -0.2) is 50.6 Å². The van der Waals surface area contributed by atoms with Gasteiger partial charge in [0.25, 0.3) is 5.91 Å². The zero-order valence-electron chi connectivity index (χ0n) is 13.9. The highest BCUT2D eigenvalue weighted by Gasteiger charge is 2.41. The molecular weight excluding hydrogens is 318 g/mol. The van der Waals surface area contributed by atoms with E-state index in [1.54, 1.807) is 12.4 Å². The Morgan fingerprint density at radius 1 is 1.20 bits per heavy atom. The molecule has 0 unspecified atom stereocenters. The van der Waals surface area contributed by atoms with Crippen molar-refractivity contribution in [3.05, 3.63) is 48.7 Å². The molecule has 3 atom stereocenters. The number of likely N-dealkylation sites (tertiary alicyclic amines) is 1. The molecule has 2 aromatic rings. The Kier molecular flexibility index (Phi) is 4.67. The second kappa shape index (κ2) is 7.25. The Morgan fingerprint density at radius 2 is 2.16 bits per heavy atom. The summed E-state index contributed by atoms with van der Waals surface area (Å²) in [6.45, 7) is 1.81. The van der Waals surface area contributed by atoms with Gasteiger partial charge in [-0.25, -0.2) is 4.98 Å². The fourth-order valence-electron chi connectivity index (χ4n) is 3.67. The van der Waals surface area contributed by atoms with Crippen LogP contribution >= 0.6 is 0 Å². The molecule has 2 aromatic heterocycles. The van der Waals surface area contributed by atoms with Crippen molar-refractivity contribution in [3.63, 3.8) is 0 Å². The molecule has 7 heteroatoms. The number of rotatable bonds is 4. The molecule has 0 bridgehead atoms. The minimum atomic E-state index is -0.418. The van der Waals surface area contributed by atoms with Crippen molar-refractivity contribution in [3.8, 4) is 0 Å². The number of ether oxygens (including phenoxy) is 1. The molecule has 25 heavy (non-hydrogen) atoms. The van der Waals surface area contributed by atoms with E-state index >= 15 is 0 Å².